The number of ether oxygens (including phenoxy) is 2. The van der Waals surface area contributed by atoms with E-state index in [0.717, 1.165) is 44.3 Å². The van der Waals surface area contributed by atoms with Gasteiger partial charge in [0, 0.05) is 40.3 Å². The minimum Gasteiger partial charge on any atom is -0.465 e. The molecule has 0 bridgehead atoms. The molecule has 11 heteroatoms. The van der Waals surface area contributed by atoms with E-state index in [1.165, 1.54) is 4.90 Å². The number of pyridine rings is 1. The number of halogens is 5. The first kappa shape index (κ1) is 29.6. The summed E-state index contributed by atoms with van der Waals surface area (Å²) in [6, 6.07) is 2.16. The van der Waals surface area contributed by atoms with Crippen molar-refractivity contribution >= 4 is 38.0 Å². The van der Waals surface area contributed by atoms with E-state index in [4.69, 9.17) is 9.47 Å². The molecule has 1 aromatic heterocycles. The van der Waals surface area contributed by atoms with E-state index >= 15 is 4.39 Å². The van der Waals surface area contributed by atoms with Crippen LogP contribution in [0.1, 0.15) is 67.9 Å². The first-order valence-corrected chi connectivity index (χ1v) is 12.9. The minimum absolute atomic E-state index is 0.0461. The van der Waals surface area contributed by atoms with Crippen molar-refractivity contribution in [2.75, 3.05) is 12.0 Å². The molecular formula is C27H29BrF4N2O4. The molecule has 1 saturated carbocycles. The number of hydrogen-bond donors (Lipinski definition) is 0. The molecule has 0 atom stereocenters. The lowest BCUT2D eigenvalue weighted by atomic mass is 9.82. The highest BCUT2D eigenvalue weighted by Crippen LogP contribution is 2.41. The molecule has 1 aliphatic rings. The summed E-state index contributed by atoms with van der Waals surface area (Å²) in [6.45, 7) is 9.11. The van der Waals surface area contributed by atoms with Gasteiger partial charge in [0.2, 0.25) is 11.8 Å². The quantitative estimate of drug-likeness (QED) is 0.240. The van der Waals surface area contributed by atoms with Crippen molar-refractivity contribution in [3.63, 3.8) is 0 Å². The molecule has 1 amide bonds. The summed E-state index contributed by atoms with van der Waals surface area (Å²) in [5.41, 5.74) is -1.48. The lowest BCUT2D eigenvalue weighted by Gasteiger charge is -2.34. The SMILES string of the molecule is C=C(Br)c1cnc(Oc2cc(C(=O)OC)c(N(C(=O)C3CCC(C)CC3)C(C)C)cc2F)c(C(F)(F)F)c1. The van der Waals surface area contributed by atoms with Gasteiger partial charge in [-0.1, -0.05) is 29.4 Å². The van der Waals surface area contributed by atoms with Crippen LogP contribution >= 0.6 is 15.9 Å². The van der Waals surface area contributed by atoms with Gasteiger partial charge in [-0.2, -0.15) is 13.2 Å². The Balaban J connectivity index is 2.09. The summed E-state index contributed by atoms with van der Waals surface area (Å²) in [7, 11) is 1.11. The van der Waals surface area contributed by atoms with Crippen molar-refractivity contribution in [3.05, 3.63) is 53.5 Å². The van der Waals surface area contributed by atoms with Gasteiger partial charge in [0.1, 0.15) is 5.56 Å². The Morgan fingerprint density at radius 2 is 1.79 bits per heavy atom. The van der Waals surface area contributed by atoms with Crippen molar-refractivity contribution < 1.29 is 36.6 Å². The maximum absolute atomic E-state index is 15.4. The summed E-state index contributed by atoms with van der Waals surface area (Å²) in [4.78, 5) is 31.3. The van der Waals surface area contributed by atoms with Crippen LogP contribution in [0.4, 0.5) is 23.2 Å². The molecule has 3 rings (SSSR count). The number of nitrogens with zero attached hydrogens (tertiary/aromatic N) is 2. The third-order valence-corrected chi connectivity index (χ3v) is 6.97. The smallest absolute Gasteiger partial charge is 0.421 e. The Morgan fingerprint density at radius 1 is 1.16 bits per heavy atom. The molecule has 0 N–H and O–H groups in total. The van der Waals surface area contributed by atoms with Crippen LogP contribution < -0.4 is 9.64 Å². The summed E-state index contributed by atoms with van der Waals surface area (Å²) in [5.74, 6) is -3.62. The van der Waals surface area contributed by atoms with Crippen LogP contribution in [0.25, 0.3) is 4.48 Å². The summed E-state index contributed by atoms with van der Waals surface area (Å²) in [6.07, 6.45) is -0.696. The van der Waals surface area contributed by atoms with Crippen molar-refractivity contribution in [2.24, 2.45) is 11.8 Å². The van der Waals surface area contributed by atoms with Gasteiger partial charge in [-0.25, -0.2) is 14.2 Å². The number of carbonyl (C=O) groups excluding carboxylic acids is 2. The lowest BCUT2D eigenvalue weighted by Crippen LogP contribution is -2.43. The molecule has 1 aromatic carbocycles. The average Bonchev–Trinajstić information content (AvgIpc) is 2.84. The third-order valence-electron chi connectivity index (χ3n) is 6.51. The van der Waals surface area contributed by atoms with Crippen LogP contribution in [0.15, 0.2) is 31.0 Å². The molecule has 38 heavy (non-hydrogen) atoms. The number of hydrogen-bond acceptors (Lipinski definition) is 5. The van der Waals surface area contributed by atoms with Crippen molar-refractivity contribution in [2.45, 2.75) is 58.7 Å². The van der Waals surface area contributed by atoms with E-state index in [1.807, 2.05) is 0 Å². The van der Waals surface area contributed by atoms with Crippen LogP contribution in [0.5, 0.6) is 11.6 Å². The number of anilines is 1. The first-order valence-electron chi connectivity index (χ1n) is 12.1. The molecule has 2 aromatic rings. The summed E-state index contributed by atoms with van der Waals surface area (Å²) >= 11 is 3.01. The van der Waals surface area contributed by atoms with E-state index in [2.05, 4.69) is 34.4 Å². The van der Waals surface area contributed by atoms with Gasteiger partial charge in [0.15, 0.2) is 11.6 Å². The monoisotopic (exact) mass is 600 g/mol. The number of esters is 1. The molecule has 206 valence electrons. The summed E-state index contributed by atoms with van der Waals surface area (Å²) < 4.78 is 66.8. The number of benzene rings is 1. The van der Waals surface area contributed by atoms with Crippen LogP contribution in [-0.4, -0.2) is 30.0 Å². The topological polar surface area (TPSA) is 68.7 Å². The highest BCUT2D eigenvalue weighted by molar-refractivity contribution is 9.15. The number of methoxy groups -OCH3 is 1. The molecule has 0 aliphatic heterocycles. The number of amides is 1. The molecule has 6 nitrogen and oxygen atoms in total. The normalized spacial score (nSPS) is 17.7. The van der Waals surface area contributed by atoms with Crippen molar-refractivity contribution in [1.29, 1.82) is 0 Å². The molecule has 0 spiro atoms. The molecule has 1 fully saturated rings. The Labute approximate surface area is 227 Å². The zero-order valence-electron chi connectivity index (χ0n) is 21.5. The average molecular weight is 601 g/mol. The minimum atomic E-state index is -4.87. The fraction of sp³-hybridized carbons (Fsp3) is 0.444. The molecule has 1 heterocycles. The van der Waals surface area contributed by atoms with Crippen LogP contribution in [0, 0.1) is 17.7 Å². The van der Waals surface area contributed by atoms with E-state index < -0.39 is 41.2 Å². The Kier molecular flexibility index (Phi) is 9.22. The van der Waals surface area contributed by atoms with Crippen LogP contribution in [-0.2, 0) is 15.7 Å². The van der Waals surface area contributed by atoms with Crippen molar-refractivity contribution in [3.8, 4) is 11.6 Å². The van der Waals surface area contributed by atoms with E-state index in [1.54, 1.807) is 13.8 Å². The lowest BCUT2D eigenvalue weighted by molar-refractivity contribution is -0.139. The Bertz CT molecular complexity index is 1220. The molecule has 0 radical (unpaired) electrons. The van der Waals surface area contributed by atoms with E-state index in [-0.39, 0.29) is 33.1 Å². The van der Waals surface area contributed by atoms with Gasteiger partial charge in [-0.3, -0.25) is 4.79 Å². The van der Waals surface area contributed by atoms with Gasteiger partial charge in [-0.05, 0) is 51.5 Å². The number of alkyl halides is 3. The Hall–Kier alpha value is -2.95. The van der Waals surface area contributed by atoms with Gasteiger partial charge in [-0.15, -0.1) is 0 Å². The highest BCUT2D eigenvalue weighted by atomic mass is 79.9. The predicted molar refractivity (Wildman–Crippen MR) is 139 cm³/mol. The second-order valence-corrected chi connectivity index (χ2v) is 10.6. The third kappa shape index (κ3) is 6.54. The molecule has 1 aliphatic carbocycles. The highest BCUT2D eigenvalue weighted by Gasteiger charge is 2.37. The molecular weight excluding hydrogens is 572 g/mol. The van der Waals surface area contributed by atoms with Crippen LogP contribution in [0.3, 0.4) is 0 Å². The van der Waals surface area contributed by atoms with E-state index in [9.17, 15) is 22.8 Å². The van der Waals surface area contributed by atoms with Crippen LogP contribution in [0.2, 0.25) is 0 Å². The van der Waals surface area contributed by atoms with Gasteiger partial charge >= 0.3 is 12.1 Å². The number of carbonyl (C=O) groups is 2. The Morgan fingerprint density at radius 3 is 2.32 bits per heavy atom. The fourth-order valence-electron chi connectivity index (χ4n) is 4.44. The van der Waals surface area contributed by atoms with Crippen molar-refractivity contribution in [1.82, 2.24) is 4.98 Å². The van der Waals surface area contributed by atoms with Gasteiger partial charge < -0.3 is 14.4 Å². The fourth-order valence-corrected chi connectivity index (χ4v) is 4.65. The number of rotatable bonds is 7. The zero-order chi connectivity index (χ0) is 28.4. The standard InChI is InChI=1S/C27H29BrF4N2O4/c1-14(2)34(25(35)17-8-6-15(3)7-9-17)22-12-21(29)23(11-19(22)26(36)37-5)38-24-20(27(30,31)32)10-18(13-33-24)16(4)28/h10-15,17H,4,6-9H2,1-3,5H3. The predicted octanol–water partition coefficient (Wildman–Crippen LogP) is 7.75. The first-order chi connectivity index (χ1) is 17.7. The second kappa shape index (κ2) is 11.8. The van der Waals surface area contributed by atoms with E-state index in [0.29, 0.717) is 18.8 Å². The second-order valence-electron chi connectivity index (χ2n) is 9.63. The van der Waals surface area contributed by atoms with Gasteiger partial charge in [0.05, 0.1) is 18.4 Å². The maximum Gasteiger partial charge on any atom is 0.421 e. The van der Waals surface area contributed by atoms with Gasteiger partial charge in [0.25, 0.3) is 0 Å². The largest absolute Gasteiger partial charge is 0.465 e. The summed E-state index contributed by atoms with van der Waals surface area (Å²) in [5, 5.41) is 0. The molecule has 0 unspecified atom stereocenters. The maximum atomic E-state index is 15.4. The number of aromatic nitrogens is 1. The molecule has 0 saturated heterocycles. The zero-order valence-corrected chi connectivity index (χ0v) is 23.1.